The van der Waals surface area contributed by atoms with Crippen molar-refractivity contribution in [1.82, 2.24) is 0 Å². The summed E-state index contributed by atoms with van der Waals surface area (Å²) in [7, 11) is 0. The van der Waals surface area contributed by atoms with Gasteiger partial charge in [0.2, 0.25) is 0 Å². The van der Waals surface area contributed by atoms with E-state index in [1.165, 1.54) is 26.8 Å². The molecule has 0 aliphatic heterocycles. The first-order valence-corrected chi connectivity index (χ1v) is 4.34. The molecule has 1 atom stereocenters. The SMILES string of the molecule is CC1(C)C(C(=O)F)=CCC1(C)C(=O)F. The molecule has 1 aliphatic carbocycles. The van der Waals surface area contributed by atoms with Gasteiger partial charge in [0.15, 0.2) is 0 Å². The zero-order chi connectivity index (χ0) is 11.1. The van der Waals surface area contributed by atoms with Gasteiger partial charge < -0.3 is 0 Å². The van der Waals surface area contributed by atoms with Gasteiger partial charge in [0.25, 0.3) is 0 Å². The number of carbonyl (C=O) groups excluding carboxylic acids is 2. The van der Waals surface area contributed by atoms with Gasteiger partial charge in [0.1, 0.15) is 0 Å². The molecule has 14 heavy (non-hydrogen) atoms. The van der Waals surface area contributed by atoms with Crippen molar-refractivity contribution in [2.24, 2.45) is 10.8 Å². The highest BCUT2D eigenvalue weighted by Gasteiger charge is 2.54. The van der Waals surface area contributed by atoms with Crippen molar-refractivity contribution in [1.29, 1.82) is 0 Å². The molecule has 0 aromatic rings. The average Bonchev–Trinajstić information content (AvgIpc) is 2.24. The van der Waals surface area contributed by atoms with Crippen LogP contribution in [0.15, 0.2) is 11.6 Å². The summed E-state index contributed by atoms with van der Waals surface area (Å²) in [5.41, 5.74) is -2.50. The molecule has 2 nitrogen and oxygen atoms in total. The van der Waals surface area contributed by atoms with Crippen LogP contribution in [0, 0.1) is 10.8 Å². The van der Waals surface area contributed by atoms with E-state index in [-0.39, 0.29) is 12.0 Å². The van der Waals surface area contributed by atoms with Crippen LogP contribution in [0.25, 0.3) is 0 Å². The van der Waals surface area contributed by atoms with Gasteiger partial charge in [-0.3, -0.25) is 9.59 Å². The van der Waals surface area contributed by atoms with E-state index in [4.69, 9.17) is 0 Å². The largest absolute Gasteiger partial charge is 0.328 e. The Labute approximate surface area is 81.0 Å². The first kappa shape index (κ1) is 11.0. The highest BCUT2D eigenvalue weighted by Crippen LogP contribution is 2.53. The minimum atomic E-state index is -1.58. The van der Waals surface area contributed by atoms with Crippen molar-refractivity contribution in [3.8, 4) is 0 Å². The number of carbonyl (C=O) groups is 2. The second-order valence-electron chi connectivity index (χ2n) is 4.33. The van der Waals surface area contributed by atoms with Crippen molar-refractivity contribution in [3.05, 3.63) is 11.6 Å². The Kier molecular flexibility index (Phi) is 2.34. The molecule has 0 fully saturated rings. The Bertz CT molecular complexity index is 331. The zero-order valence-corrected chi connectivity index (χ0v) is 8.36. The Balaban J connectivity index is 3.16. The molecule has 0 aromatic heterocycles. The number of hydrogen-bond donors (Lipinski definition) is 0. The lowest BCUT2D eigenvalue weighted by Crippen LogP contribution is -2.38. The molecule has 1 rings (SSSR count). The summed E-state index contributed by atoms with van der Waals surface area (Å²) in [4.78, 5) is 21.4. The van der Waals surface area contributed by atoms with Crippen LogP contribution < -0.4 is 0 Å². The third-order valence-electron chi connectivity index (χ3n) is 3.41. The van der Waals surface area contributed by atoms with Crippen LogP contribution in [0.5, 0.6) is 0 Å². The fourth-order valence-corrected chi connectivity index (χ4v) is 1.77. The molecule has 0 amide bonds. The van der Waals surface area contributed by atoms with Gasteiger partial charge in [-0.25, -0.2) is 0 Å². The van der Waals surface area contributed by atoms with Gasteiger partial charge in [-0.2, -0.15) is 8.78 Å². The van der Waals surface area contributed by atoms with Gasteiger partial charge in [-0.1, -0.05) is 19.9 Å². The van der Waals surface area contributed by atoms with Gasteiger partial charge in [0.05, 0.1) is 5.41 Å². The number of rotatable bonds is 2. The lowest BCUT2D eigenvalue weighted by molar-refractivity contribution is -0.144. The summed E-state index contributed by atoms with van der Waals surface area (Å²) >= 11 is 0. The van der Waals surface area contributed by atoms with Crippen molar-refractivity contribution < 1.29 is 18.4 Å². The molecule has 1 unspecified atom stereocenters. The molecular weight excluding hydrogens is 190 g/mol. The van der Waals surface area contributed by atoms with Crippen molar-refractivity contribution >= 4 is 12.1 Å². The minimum Gasteiger partial charge on any atom is -0.261 e. The molecule has 0 saturated carbocycles. The molecule has 0 saturated heterocycles. The first-order chi connectivity index (χ1) is 6.23. The topological polar surface area (TPSA) is 34.1 Å². The number of halogens is 2. The first-order valence-electron chi connectivity index (χ1n) is 4.34. The van der Waals surface area contributed by atoms with Crippen LogP contribution in [0.1, 0.15) is 27.2 Å². The summed E-state index contributed by atoms with van der Waals surface area (Å²) in [6.07, 6.45) is 1.38. The Morgan fingerprint density at radius 1 is 1.29 bits per heavy atom. The Morgan fingerprint density at radius 3 is 2.00 bits per heavy atom. The van der Waals surface area contributed by atoms with Crippen molar-refractivity contribution in [2.75, 3.05) is 0 Å². The Hall–Kier alpha value is -1.06. The molecular formula is C10H12F2O2. The van der Waals surface area contributed by atoms with Crippen LogP contribution >= 0.6 is 0 Å². The van der Waals surface area contributed by atoms with Crippen LogP contribution in [0.4, 0.5) is 8.78 Å². The molecule has 0 spiro atoms. The molecule has 0 N–H and O–H groups in total. The van der Waals surface area contributed by atoms with E-state index in [0.29, 0.717) is 0 Å². The van der Waals surface area contributed by atoms with Gasteiger partial charge >= 0.3 is 12.1 Å². The number of allylic oxidation sites excluding steroid dienone is 2. The molecule has 4 heteroatoms. The van der Waals surface area contributed by atoms with E-state index < -0.39 is 22.9 Å². The van der Waals surface area contributed by atoms with E-state index in [0.717, 1.165) is 0 Å². The van der Waals surface area contributed by atoms with Crippen LogP contribution in [-0.4, -0.2) is 12.1 Å². The molecule has 1 aliphatic rings. The minimum absolute atomic E-state index is 0.0698. The standard InChI is InChI=1S/C10H12F2O2/c1-9(2)6(7(11)13)4-5-10(9,3)8(12)14/h4H,5H2,1-3H3. The smallest absolute Gasteiger partial charge is 0.261 e. The quantitative estimate of drug-likeness (QED) is 0.644. The molecule has 0 heterocycles. The van der Waals surface area contributed by atoms with Crippen LogP contribution in [0.2, 0.25) is 0 Å². The van der Waals surface area contributed by atoms with E-state index in [2.05, 4.69) is 0 Å². The molecule has 0 aromatic carbocycles. The van der Waals surface area contributed by atoms with Crippen LogP contribution in [0.3, 0.4) is 0 Å². The molecule has 0 radical (unpaired) electrons. The van der Waals surface area contributed by atoms with Crippen molar-refractivity contribution in [3.63, 3.8) is 0 Å². The Morgan fingerprint density at radius 2 is 1.79 bits per heavy atom. The maximum Gasteiger partial charge on any atom is 0.328 e. The summed E-state index contributed by atoms with van der Waals surface area (Å²) in [5.74, 6) is 0. The monoisotopic (exact) mass is 202 g/mol. The maximum atomic E-state index is 12.8. The highest BCUT2D eigenvalue weighted by molar-refractivity contribution is 5.93. The zero-order valence-electron chi connectivity index (χ0n) is 8.36. The normalized spacial score (nSPS) is 29.9. The van der Waals surface area contributed by atoms with E-state index in [9.17, 15) is 18.4 Å². The molecule has 78 valence electrons. The van der Waals surface area contributed by atoms with E-state index >= 15 is 0 Å². The predicted octanol–water partition coefficient (Wildman–Crippen LogP) is 2.34. The second kappa shape index (κ2) is 2.97. The fraction of sp³-hybridized carbons (Fsp3) is 0.600. The third-order valence-corrected chi connectivity index (χ3v) is 3.41. The summed E-state index contributed by atoms with van der Waals surface area (Å²) in [6.45, 7) is 4.41. The summed E-state index contributed by atoms with van der Waals surface area (Å²) in [5, 5.41) is 0. The second-order valence-corrected chi connectivity index (χ2v) is 4.33. The van der Waals surface area contributed by atoms with Crippen molar-refractivity contribution in [2.45, 2.75) is 27.2 Å². The summed E-state index contributed by atoms with van der Waals surface area (Å²) < 4.78 is 25.4. The predicted molar refractivity (Wildman–Crippen MR) is 46.8 cm³/mol. The van der Waals surface area contributed by atoms with Crippen LogP contribution in [-0.2, 0) is 9.59 Å². The molecule has 0 bridgehead atoms. The average molecular weight is 202 g/mol. The third kappa shape index (κ3) is 1.21. The lowest BCUT2D eigenvalue weighted by atomic mass is 9.66. The lowest BCUT2D eigenvalue weighted by Gasteiger charge is -2.35. The van der Waals surface area contributed by atoms with E-state index in [1.54, 1.807) is 0 Å². The van der Waals surface area contributed by atoms with Gasteiger partial charge in [-0.05, 0) is 13.3 Å². The maximum absolute atomic E-state index is 12.8. The highest BCUT2D eigenvalue weighted by atomic mass is 19.1. The van der Waals surface area contributed by atoms with E-state index in [1.807, 2.05) is 0 Å². The summed E-state index contributed by atoms with van der Waals surface area (Å²) in [6, 6.07) is -3.09. The van der Waals surface area contributed by atoms with Gasteiger partial charge in [-0.15, -0.1) is 0 Å². The number of hydrogen-bond acceptors (Lipinski definition) is 2. The van der Waals surface area contributed by atoms with Gasteiger partial charge in [0, 0.05) is 11.0 Å². The fourth-order valence-electron chi connectivity index (χ4n) is 1.77.